The predicted molar refractivity (Wildman–Crippen MR) is 106 cm³/mol. The highest BCUT2D eigenvalue weighted by atomic mass is 16.5. The number of benzene rings is 3. The lowest BCUT2D eigenvalue weighted by Gasteiger charge is -2.22. The molecule has 0 saturated carbocycles. The third-order valence-electron chi connectivity index (χ3n) is 4.17. The average molecular weight is 361 g/mol. The standard InChI is InChI=1S/C23H23NO3/c25-23(26)14-15-24(17-19-8-3-1-4-9-19)18-20-10-7-13-22(16-20)27-21-11-5-2-6-12-21/h1-13,16H,14-15,17-18H2,(H,25,26). The Hall–Kier alpha value is -3.11. The summed E-state index contributed by atoms with van der Waals surface area (Å²) in [5.41, 5.74) is 2.25. The maximum absolute atomic E-state index is 11.0. The Kier molecular flexibility index (Phi) is 6.61. The van der Waals surface area contributed by atoms with Gasteiger partial charge in [0.15, 0.2) is 0 Å². The van der Waals surface area contributed by atoms with Crippen LogP contribution in [-0.4, -0.2) is 22.5 Å². The number of carboxylic acids is 1. The molecule has 0 fully saturated rings. The summed E-state index contributed by atoms with van der Waals surface area (Å²) in [5.74, 6) is 0.785. The highest BCUT2D eigenvalue weighted by Gasteiger charge is 2.10. The van der Waals surface area contributed by atoms with Crippen molar-refractivity contribution in [2.24, 2.45) is 0 Å². The highest BCUT2D eigenvalue weighted by Crippen LogP contribution is 2.22. The van der Waals surface area contributed by atoms with Gasteiger partial charge in [-0.15, -0.1) is 0 Å². The van der Waals surface area contributed by atoms with E-state index in [0.717, 1.165) is 17.1 Å². The zero-order valence-corrected chi connectivity index (χ0v) is 15.1. The molecule has 0 bridgehead atoms. The number of carbonyl (C=O) groups is 1. The summed E-state index contributed by atoms with van der Waals surface area (Å²) in [6.07, 6.45) is 0.118. The van der Waals surface area contributed by atoms with Crippen molar-refractivity contribution in [3.8, 4) is 11.5 Å². The van der Waals surface area contributed by atoms with Crippen molar-refractivity contribution in [3.05, 3.63) is 96.1 Å². The van der Waals surface area contributed by atoms with Crippen LogP contribution in [0.5, 0.6) is 11.5 Å². The molecule has 0 radical (unpaired) electrons. The second kappa shape index (κ2) is 9.55. The zero-order chi connectivity index (χ0) is 18.9. The van der Waals surface area contributed by atoms with Crippen LogP contribution < -0.4 is 4.74 Å². The smallest absolute Gasteiger partial charge is 0.304 e. The van der Waals surface area contributed by atoms with Crippen LogP contribution in [-0.2, 0) is 17.9 Å². The van der Waals surface area contributed by atoms with E-state index >= 15 is 0 Å². The van der Waals surface area contributed by atoms with Crippen molar-refractivity contribution in [3.63, 3.8) is 0 Å². The van der Waals surface area contributed by atoms with E-state index in [1.807, 2.05) is 72.8 Å². The number of nitrogens with zero attached hydrogens (tertiary/aromatic N) is 1. The van der Waals surface area contributed by atoms with Crippen molar-refractivity contribution >= 4 is 5.97 Å². The van der Waals surface area contributed by atoms with Crippen LogP contribution >= 0.6 is 0 Å². The maximum atomic E-state index is 11.0. The van der Waals surface area contributed by atoms with Crippen LogP contribution in [0.3, 0.4) is 0 Å². The molecule has 0 heterocycles. The Bertz CT molecular complexity index is 850. The quantitative estimate of drug-likeness (QED) is 0.585. The molecule has 138 valence electrons. The molecule has 3 aromatic carbocycles. The summed E-state index contributed by atoms with van der Waals surface area (Å²) in [6, 6.07) is 27.7. The van der Waals surface area contributed by atoms with Crippen LogP contribution in [0.25, 0.3) is 0 Å². The lowest BCUT2D eigenvalue weighted by Crippen LogP contribution is -2.25. The predicted octanol–water partition coefficient (Wildman–Crippen LogP) is 4.96. The molecule has 3 aromatic rings. The number of carboxylic acid groups (broad SMARTS) is 1. The summed E-state index contributed by atoms with van der Waals surface area (Å²) in [7, 11) is 0. The van der Waals surface area contributed by atoms with E-state index in [-0.39, 0.29) is 6.42 Å². The number of hydrogen-bond acceptors (Lipinski definition) is 3. The Labute approximate surface area is 159 Å². The highest BCUT2D eigenvalue weighted by molar-refractivity contribution is 5.66. The molecule has 4 nitrogen and oxygen atoms in total. The summed E-state index contributed by atoms with van der Waals surface area (Å²) < 4.78 is 5.90. The number of ether oxygens (including phenoxy) is 1. The lowest BCUT2D eigenvalue weighted by molar-refractivity contribution is -0.137. The monoisotopic (exact) mass is 361 g/mol. The Morgan fingerprint density at radius 1 is 0.778 bits per heavy atom. The van der Waals surface area contributed by atoms with E-state index in [0.29, 0.717) is 19.6 Å². The van der Waals surface area contributed by atoms with E-state index in [1.54, 1.807) is 0 Å². The molecule has 0 atom stereocenters. The van der Waals surface area contributed by atoms with Crippen LogP contribution in [0.1, 0.15) is 17.5 Å². The van der Waals surface area contributed by atoms with Gasteiger partial charge in [-0.05, 0) is 35.4 Å². The van der Waals surface area contributed by atoms with Gasteiger partial charge in [-0.2, -0.15) is 0 Å². The molecule has 4 heteroatoms. The maximum Gasteiger partial charge on any atom is 0.304 e. The third kappa shape index (κ3) is 6.28. The van der Waals surface area contributed by atoms with E-state index < -0.39 is 5.97 Å². The lowest BCUT2D eigenvalue weighted by atomic mass is 10.1. The van der Waals surface area contributed by atoms with Crippen LogP contribution in [0.15, 0.2) is 84.9 Å². The van der Waals surface area contributed by atoms with Gasteiger partial charge in [0.25, 0.3) is 0 Å². The fourth-order valence-electron chi connectivity index (χ4n) is 2.90. The molecule has 0 spiro atoms. The van der Waals surface area contributed by atoms with E-state index in [2.05, 4.69) is 17.0 Å². The molecular formula is C23H23NO3. The number of aliphatic carboxylic acids is 1. The van der Waals surface area contributed by atoms with Gasteiger partial charge in [0, 0.05) is 19.6 Å². The Morgan fingerprint density at radius 3 is 2.07 bits per heavy atom. The van der Waals surface area contributed by atoms with Gasteiger partial charge in [0.1, 0.15) is 11.5 Å². The van der Waals surface area contributed by atoms with Crippen LogP contribution in [0.2, 0.25) is 0 Å². The summed E-state index contributed by atoms with van der Waals surface area (Å²) in [4.78, 5) is 13.2. The van der Waals surface area contributed by atoms with Gasteiger partial charge < -0.3 is 9.84 Å². The third-order valence-corrected chi connectivity index (χ3v) is 4.17. The fraction of sp³-hybridized carbons (Fsp3) is 0.174. The van der Waals surface area contributed by atoms with Crippen molar-refractivity contribution in [2.75, 3.05) is 6.54 Å². The second-order valence-corrected chi connectivity index (χ2v) is 6.40. The normalized spacial score (nSPS) is 10.7. The van der Waals surface area contributed by atoms with Gasteiger partial charge >= 0.3 is 5.97 Å². The number of rotatable bonds is 9. The summed E-state index contributed by atoms with van der Waals surface area (Å²) >= 11 is 0. The molecule has 0 aliphatic carbocycles. The minimum atomic E-state index is -0.783. The van der Waals surface area contributed by atoms with E-state index in [1.165, 1.54) is 5.56 Å². The first kappa shape index (κ1) is 18.7. The van der Waals surface area contributed by atoms with Crippen molar-refractivity contribution in [1.29, 1.82) is 0 Å². The average Bonchev–Trinajstić information content (AvgIpc) is 2.68. The van der Waals surface area contributed by atoms with Gasteiger partial charge in [0.2, 0.25) is 0 Å². The SMILES string of the molecule is O=C(O)CCN(Cc1ccccc1)Cc1cccc(Oc2ccccc2)c1. The van der Waals surface area contributed by atoms with E-state index in [9.17, 15) is 4.79 Å². The van der Waals surface area contributed by atoms with Crippen LogP contribution in [0, 0.1) is 0 Å². The molecule has 0 aliphatic heterocycles. The molecule has 1 N–H and O–H groups in total. The van der Waals surface area contributed by atoms with Crippen molar-refractivity contribution in [1.82, 2.24) is 4.90 Å². The topological polar surface area (TPSA) is 49.8 Å². The fourth-order valence-corrected chi connectivity index (χ4v) is 2.90. The van der Waals surface area contributed by atoms with Gasteiger partial charge in [0.05, 0.1) is 6.42 Å². The first-order valence-corrected chi connectivity index (χ1v) is 8.99. The van der Waals surface area contributed by atoms with Gasteiger partial charge in [-0.3, -0.25) is 9.69 Å². The first-order valence-electron chi connectivity index (χ1n) is 8.99. The molecule has 3 rings (SSSR count). The zero-order valence-electron chi connectivity index (χ0n) is 15.1. The summed E-state index contributed by atoms with van der Waals surface area (Å²) in [6.45, 7) is 1.86. The molecule has 0 aliphatic rings. The molecular weight excluding hydrogens is 338 g/mol. The first-order chi connectivity index (χ1) is 13.2. The van der Waals surface area contributed by atoms with Crippen molar-refractivity contribution in [2.45, 2.75) is 19.5 Å². The molecule has 0 saturated heterocycles. The number of hydrogen-bond donors (Lipinski definition) is 1. The minimum Gasteiger partial charge on any atom is -0.481 e. The Morgan fingerprint density at radius 2 is 1.37 bits per heavy atom. The van der Waals surface area contributed by atoms with Gasteiger partial charge in [-0.25, -0.2) is 0 Å². The van der Waals surface area contributed by atoms with Crippen LogP contribution in [0.4, 0.5) is 0 Å². The molecule has 27 heavy (non-hydrogen) atoms. The summed E-state index contributed by atoms with van der Waals surface area (Å²) in [5, 5.41) is 9.06. The van der Waals surface area contributed by atoms with E-state index in [4.69, 9.17) is 9.84 Å². The molecule has 0 unspecified atom stereocenters. The minimum absolute atomic E-state index is 0.118. The molecule has 0 aromatic heterocycles. The Balaban J connectivity index is 1.70. The number of para-hydroxylation sites is 1. The van der Waals surface area contributed by atoms with Crippen molar-refractivity contribution < 1.29 is 14.6 Å². The second-order valence-electron chi connectivity index (χ2n) is 6.40. The van der Waals surface area contributed by atoms with Gasteiger partial charge in [-0.1, -0.05) is 60.7 Å². The molecule has 0 amide bonds. The largest absolute Gasteiger partial charge is 0.481 e.